The Balaban J connectivity index is 1.53. The second-order valence-corrected chi connectivity index (χ2v) is 5.61. The predicted molar refractivity (Wildman–Crippen MR) is 95.7 cm³/mol. The van der Waals surface area contributed by atoms with Gasteiger partial charge in [0.1, 0.15) is 5.75 Å². The second-order valence-electron chi connectivity index (χ2n) is 5.61. The fourth-order valence-electron chi connectivity index (χ4n) is 2.35. The molecular weight excluding hydrogens is 302 g/mol. The number of rotatable bonds is 10. The summed E-state index contributed by atoms with van der Waals surface area (Å²) in [5, 5.41) is 2.91. The molecule has 0 bridgehead atoms. The van der Waals surface area contributed by atoms with Crippen LogP contribution in [0.4, 0.5) is 0 Å². The summed E-state index contributed by atoms with van der Waals surface area (Å²) in [6, 6.07) is 7.59. The van der Waals surface area contributed by atoms with Crippen LogP contribution >= 0.6 is 0 Å². The summed E-state index contributed by atoms with van der Waals surface area (Å²) in [7, 11) is 1.63. The number of carbonyl (C=O) groups is 1. The average Bonchev–Trinajstić information content (AvgIpc) is 3.13. The molecule has 1 amide bonds. The number of nitrogens with one attached hydrogen (secondary N) is 1. The van der Waals surface area contributed by atoms with Gasteiger partial charge in [-0.05, 0) is 36.6 Å². The summed E-state index contributed by atoms with van der Waals surface area (Å²) in [5.74, 6) is 0.758. The maximum absolute atomic E-state index is 11.8. The van der Waals surface area contributed by atoms with Gasteiger partial charge in [0.25, 0.3) is 0 Å². The summed E-state index contributed by atoms with van der Waals surface area (Å²) in [6.45, 7) is 1.73. The van der Waals surface area contributed by atoms with Gasteiger partial charge in [-0.3, -0.25) is 4.79 Å². The highest BCUT2D eigenvalue weighted by Crippen LogP contribution is 2.12. The van der Waals surface area contributed by atoms with Crippen molar-refractivity contribution in [2.24, 2.45) is 0 Å². The minimum atomic E-state index is -0.0516. The average molecular weight is 327 g/mol. The van der Waals surface area contributed by atoms with E-state index in [9.17, 15) is 4.79 Å². The van der Waals surface area contributed by atoms with E-state index in [0.717, 1.165) is 50.1 Å². The molecule has 0 fully saturated rings. The quantitative estimate of drug-likeness (QED) is 0.538. The molecule has 0 unspecified atom stereocenters. The highest BCUT2D eigenvalue weighted by molar-refractivity contribution is 5.91. The second kappa shape index (κ2) is 10.3. The highest BCUT2D eigenvalue weighted by atomic mass is 16.5. The molecule has 1 aromatic carbocycles. The maximum Gasteiger partial charge on any atom is 0.243 e. The minimum Gasteiger partial charge on any atom is -0.497 e. The Bertz CT molecular complexity index is 619. The van der Waals surface area contributed by atoms with Crippen LogP contribution in [-0.4, -0.2) is 29.1 Å². The standard InChI is InChI=1S/C19H25N3O2/c1-24-18-9-6-17(7-10-18)8-11-19(23)21-12-4-2-3-5-14-22-15-13-20-16-22/h6-11,13,15-16H,2-5,12,14H2,1H3,(H,21,23)/b11-8+. The molecule has 128 valence electrons. The van der Waals surface area contributed by atoms with Crippen LogP contribution < -0.4 is 10.1 Å². The van der Waals surface area contributed by atoms with E-state index in [4.69, 9.17) is 4.74 Å². The Labute approximate surface area is 143 Å². The highest BCUT2D eigenvalue weighted by Gasteiger charge is 1.96. The van der Waals surface area contributed by atoms with Gasteiger partial charge in [0.05, 0.1) is 13.4 Å². The number of benzene rings is 1. The molecule has 0 aliphatic carbocycles. The Hall–Kier alpha value is -2.56. The van der Waals surface area contributed by atoms with Crippen LogP contribution in [0.25, 0.3) is 6.08 Å². The third-order valence-corrected chi connectivity index (χ3v) is 3.74. The smallest absolute Gasteiger partial charge is 0.243 e. The minimum absolute atomic E-state index is 0.0516. The Morgan fingerprint density at radius 2 is 2.00 bits per heavy atom. The number of hydrogen-bond acceptors (Lipinski definition) is 3. The fraction of sp³-hybridized carbons (Fsp3) is 0.368. The van der Waals surface area contributed by atoms with Crippen LogP contribution in [0.5, 0.6) is 5.75 Å². The number of nitrogens with zero attached hydrogens (tertiary/aromatic N) is 2. The molecule has 5 nitrogen and oxygen atoms in total. The zero-order valence-corrected chi connectivity index (χ0v) is 14.1. The molecule has 2 rings (SSSR count). The van der Waals surface area contributed by atoms with E-state index in [0.29, 0.717) is 0 Å². The van der Waals surface area contributed by atoms with Gasteiger partial charge in [-0.25, -0.2) is 4.98 Å². The Kier molecular flexibility index (Phi) is 7.60. The molecule has 1 N–H and O–H groups in total. The molecule has 0 radical (unpaired) electrons. The molecule has 2 aromatic rings. The van der Waals surface area contributed by atoms with Gasteiger partial charge in [0, 0.05) is 31.6 Å². The number of methoxy groups -OCH3 is 1. The number of aromatic nitrogens is 2. The van der Waals surface area contributed by atoms with Crippen LogP contribution in [0.3, 0.4) is 0 Å². The third-order valence-electron chi connectivity index (χ3n) is 3.74. The molecule has 0 spiro atoms. The monoisotopic (exact) mass is 327 g/mol. The van der Waals surface area contributed by atoms with E-state index in [1.165, 1.54) is 0 Å². The topological polar surface area (TPSA) is 56.1 Å². The van der Waals surface area contributed by atoms with Gasteiger partial charge in [-0.2, -0.15) is 0 Å². The summed E-state index contributed by atoms with van der Waals surface area (Å²) < 4.78 is 7.19. The first-order valence-electron chi connectivity index (χ1n) is 8.33. The van der Waals surface area contributed by atoms with Gasteiger partial charge in [0.2, 0.25) is 5.91 Å². The summed E-state index contributed by atoms with van der Waals surface area (Å²) in [6.07, 6.45) is 13.4. The first kappa shape index (κ1) is 17.8. The lowest BCUT2D eigenvalue weighted by molar-refractivity contribution is -0.116. The van der Waals surface area contributed by atoms with E-state index in [-0.39, 0.29) is 5.91 Å². The lowest BCUT2D eigenvalue weighted by Gasteiger charge is -2.04. The zero-order chi connectivity index (χ0) is 17.0. The molecule has 0 saturated carbocycles. The molecule has 1 aromatic heterocycles. The molecular formula is C19H25N3O2. The Morgan fingerprint density at radius 1 is 1.21 bits per heavy atom. The number of unbranched alkanes of at least 4 members (excludes halogenated alkanes) is 3. The third kappa shape index (κ3) is 6.69. The lowest BCUT2D eigenvalue weighted by atomic mass is 10.2. The zero-order valence-electron chi connectivity index (χ0n) is 14.1. The van der Waals surface area contributed by atoms with Crippen LogP contribution in [0, 0.1) is 0 Å². The maximum atomic E-state index is 11.8. The van der Waals surface area contributed by atoms with Crippen LogP contribution in [0.1, 0.15) is 31.2 Å². The van der Waals surface area contributed by atoms with Crippen LogP contribution in [0.2, 0.25) is 0 Å². The summed E-state index contributed by atoms with van der Waals surface area (Å²) >= 11 is 0. The van der Waals surface area contributed by atoms with Gasteiger partial charge >= 0.3 is 0 Å². The van der Waals surface area contributed by atoms with Gasteiger partial charge in [-0.15, -0.1) is 0 Å². The summed E-state index contributed by atoms with van der Waals surface area (Å²) in [5.41, 5.74) is 0.977. The number of imidazole rings is 1. The van der Waals surface area contributed by atoms with Crippen LogP contribution in [0.15, 0.2) is 49.1 Å². The van der Waals surface area contributed by atoms with Crippen molar-refractivity contribution in [3.63, 3.8) is 0 Å². The summed E-state index contributed by atoms with van der Waals surface area (Å²) in [4.78, 5) is 15.8. The van der Waals surface area contributed by atoms with Gasteiger partial charge in [-0.1, -0.05) is 25.0 Å². The van der Waals surface area contributed by atoms with Crippen molar-refractivity contribution in [3.05, 3.63) is 54.6 Å². The van der Waals surface area contributed by atoms with Crippen molar-refractivity contribution in [1.29, 1.82) is 0 Å². The number of amides is 1. The lowest BCUT2D eigenvalue weighted by Crippen LogP contribution is -2.21. The van der Waals surface area contributed by atoms with Crippen molar-refractivity contribution in [2.45, 2.75) is 32.2 Å². The molecule has 24 heavy (non-hydrogen) atoms. The fourth-order valence-corrected chi connectivity index (χ4v) is 2.35. The number of hydrogen-bond donors (Lipinski definition) is 1. The van der Waals surface area contributed by atoms with Crippen molar-refractivity contribution in [2.75, 3.05) is 13.7 Å². The van der Waals surface area contributed by atoms with Gasteiger partial charge < -0.3 is 14.6 Å². The first-order valence-corrected chi connectivity index (χ1v) is 8.33. The van der Waals surface area contributed by atoms with Crippen molar-refractivity contribution in [1.82, 2.24) is 14.9 Å². The van der Waals surface area contributed by atoms with E-state index in [2.05, 4.69) is 14.9 Å². The molecule has 0 aliphatic rings. The van der Waals surface area contributed by atoms with E-state index >= 15 is 0 Å². The largest absolute Gasteiger partial charge is 0.497 e. The Morgan fingerprint density at radius 3 is 2.71 bits per heavy atom. The van der Waals surface area contributed by atoms with E-state index < -0.39 is 0 Å². The number of ether oxygens (including phenoxy) is 1. The van der Waals surface area contributed by atoms with E-state index in [1.807, 2.05) is 36.8 Å². The van der Waals surface area contributed by atoms with Gasteiger partial charge in [0.15, 0.2) is 0 Å². The first-order chi connectivity index (χ1) is 11.8. The molecule has 5 heteroatoms. The normalized spacial score (nSPS) is 10.9. The molecule has 0 atom stereocenters. The molecule has 0 aliphatic heterocycles. The molecule has 0 saturated heterocycles. The predicted octanol–water partition coefficient (Wildman–Crippen LogP) is 3.28. The van der Waals surface area contributed by atoms with Crippen molar-refractivity contribution in [3.8, 4) is 5.75 Å². The molecule has 1 heterocycles. The number of carbonyl (C=O) groups excluding carboxylic acids is 1. The number of aryl methyl sites for hydroxylation is 1. The van der Waals surface area contributed by atoms with E-state index in [1.54, 1.807) is 25.5 Å². The van der Waals surface area contributed by atoms with Crippen molar-refractivity contribution >= 4 is 12.0 Å². The SMILES string of the molecule is COc1ccc(/C=C/C(=O)NCCCCCCn2ccnc2)cc1. The van der Waals surface area contributed by atoms with Crippen molar-refractivity contribution < 1.29 is 9.53 Å². The van der Waals surface area contributed by atoms with Crippen LogP contribution in [-0.2, 0) is 11.3 Å².